The van der Waals surface area contributed by atoms with Crippen LogP contribution in [0.3, 0.4) is 0 Å². The maximum atomic E-state index is 5.11. The van der Waals surface area contributed by atoms with E-state index in [-0.39, 0.29) is 0 Å². The Kier molecular flexibility index (Phi) is 2.98. The average molecular weight is 212 g/mol. The van der Waals surface area contributed by atoms with Crippen molar-refractivity contribution in [2.45, 2.75) is 19.4 Å². The lowest BCUT2D eigenvalue weighted by Crippen LogP contribution is -2.34. The molecule has 5 heteroatoms. The van der Waals surface area contributed by atoms with Crippen LogP contribution in [0.2, 0.25) is 0 Å². The Bertz CT molecular complexity index is 343. The molecule has 0 aromatic carbocycles. The van der Waals surface area contributed by atoms with E-state index in [0.29, 0.717) is 0 Å². The largest absolute Gasteiger partial charge is 0.306 e. The number of aromatic amines is 1. The lowest BCUT2D eigenvalue weighted by Gasteiger charge is -2.29. The second-order valence-electron chi connectivity index (χ2n) is 4.08. The molecule has 2 heterocycles. The monoisotopic (exact) mass is 212 g/mol. The van der Waals surface area contributed by atoms with Crippen LogP contribution >= 0.6 is 12.2 Å². The summed E-state index contributed by atoms with van der Waals surface area (Å²) < 4.78 is 2.76. The van der Waals surface area contributed by atoms with Gasteiger partial charge in [-0.25, -0.2) is 0 Å². The summed E-state index contributed by atoms with van der Waals surface area (Å²) in [4.78, 5) is 2.39. The van der Waals surface area contributed by atoms with Gasteiger partial charge in [0.15, 0.2) is 4.77 Å². The molecule has 0 bridgehead atoms. The van der Waals surface area contributed by atoms with E-state index < -0.39 is 0 Å². The van der Waals surface area contributed by atoms with Crippen LogP contribution in [0.4, 0.5) is 0 Å². The van der Waals surface area contributed by atoms with Crippen LogP contribution in [0, 0.1) is 10.7 Å². The van der Waals surface area contributed by atoms with Gasteiger partial charge in [-0.3, -0.25) is 5.10 Å². The highest BCUT2D eigenvalue weighted by atomic mass is 32.1. The zero-order valence-electron chi connectivity index (χ0n) is 8.44. The van der Waals surface area contributed by atoms with Gasteiger partial charge in [-0.15, -0.1) is 0 Å². The molecule has 1 N–H and O–H groups in total. The number of rotatable bonds is 2. The van der Waals surface area contributed by atoms with Crippen LogP contribution in [-0.2, 0) is 6.54 Å². The first-order valence-corrected chi connectivity index (χ1v) is 5.45. The van der Waals surface area contributed by atoms with E-state index in [4.69, 9.17) is 12.2 Å². The third kappa shape index (κ3) is 2.22. The van der Waals surface area contributed by atoms with Crippen LogP contribution in [0.25, 0.3) is 0 Å². The summed E-state index contributed by atoms with van der Waals surface area (Å²) in [6, 6.07) is 0. The number of nitrogens with one attached hydrogen (secondary N) is 1. The number of likely N-dealkylation sites (tertiary alicyclic amines) is 1. The standard InChI is InChI=1S/C9H16N4S/c1-12-4-2-3-8(5-12)6-13-7-10-11-9(13)14/h7-8H,2-6H2,1H3,(H,11,14). The lowest BCUT2D eigenvalue weighted by atomic mass is 9.98. The number of H-pyrrole nitrogens is 1. The number of hydrogen-bond acceptors (Lipinski definition) is 3. The molecule has 1 saturated heterocycles. The highest BCUT2D eigenvalue weighted by molar-refractivity contribution is 7.71. The van der Waals surface area contributed by atoms with Crippen LogP contribution in [0.5, 0.6) is 0 Å². The first-order valence-electron chi connectivity index (χ1n) is 5.04. The molecule has 0 spiro atoms. The molecule has 0 saturated carbocycles. The summed E-state index contributed by atoms with van der Waals surface area (Å²) in [6.45, 7) is 3.40. The lowest BCUT2D eigenvalue weighted by molar-refractivity contribution is 0.194. The first-order chi connectivity index (χ1) is 6.75. The van der Waals surface area contributed by atoms with Gasteiger partial charge in [0, 0.05) is 13.1 Å². The molecule has 1 fully saturated rings. The van der Waals surface area contributed by atoms with Crippen molar-refractivity contribution >= 4 is 12.2 Å². The van der Waals surface area contributed by atoms with Crippen LogP contribution in [-0.4, -0.2) is 39.8 Å². The van der Waals surface area contributed by atoms with E-state index in [1.54, 1.807) is 6.33 Å². The number of aromatic nitrogens is 3. The van der Waals surface area contributed by atoms with Gasteiger partial charge in [-0.05, 0) is 44.6 Å². The van der Waals surface area contributed by atoms with Gasteiger partial charge in [0.25, 0.3) is 0 Å². The molecule has 1 aliphatic heterocycles. The molecule has 0 amide bonds. The van der Waals surface area contributed by atoms with Gasteiger partial charge in [-0.2, -0.15) is 5.10 Å². The summed E-state index contributed by atoms with van der Waals surface area (Å²) in [5, 5.41) is 6.71. The van der Waals surface area contributed by atoms with Crippen molar-refractivity contribution in [1.82, 2.24) is 19.7 Å². The third-order valence-electron chi connectivity index (χ3n) is 2.80. The van der Waals surface area contributed by atoms with Crippen LogP contribution in [0.1, 0.15) is 12.8 Å². The van der Waals surface area contributed by atoms with Crippen LogP contribution in [0.15, 0.2) is 6.33 Å². The number of piperidine rings is 1. The Balaban J connectivity index is 1.97. The normalized spacial score (nSPS) is 23.9. The molecule has 2 rings (SSSR count). The van der Waals surface area contributed by atoms with Gasteiger partial charge in [0.2, 0.25) is 0 Å². The Morgan fingerprint density at radius 2 is 2.57 bits per heavy atom. The minimum atomic E-state index is 0.720. The third-order valence-corrected chi connectivity index (χ3v) is 3.12. The molecule has 1 unspecified atom stereocenters. The highest BCUT2D eigenvalue weighted by Crippen LogP contribution is 2.16. The molecule has 1 aliphatic rings. The summed E-state index contributed by atoms with van der Waals surface area (Å²) >= 11 is 5.11. The maximum absolute atomic E-state index is 5.11. The Morgan fingerprint density at radius 3 is 3.21 bits per heavy atom. The topological polar surface area (TPSA) is 36.9 Å². The van der Waals surface area contributed by atoms with Gasteiger partial charge in [0.05, 0.1) is 0 Å². The Hall–Kier alpha value is -0.680. The van der Waals surface area contributed by atoms with E-state index in [2.05, 4.69) is 22.1 Å². The fourth-order valence-electron chi connectivity index (χ4n) is 2.10. The molecule has 1 atom stereocenters. The molecule has 1 aromatic heterocycles. The maximum Gasteiger partial charge on any atom is 0.194 e. The predicted octanol–water partition coefficient (Wildman–Crippen LogP) is 1.28. The van der Waals surface area contributed by atoms with Gasteiger partial charge >= 0.3 is 0 Å². The zero-order chi connectivity index (χ0) is 9.97. The Morgan fingerprint density at radius 1 is 1.71 bits per heavy atom. The molecule has 14 heavy (non-hydrogen) atoms. The van der Waals surface area contributed by atoms with Crippen molar-refractivity contribution in [2.24, 2.45) is 5.92 Å². The second-order valence-corrected chi connectivity index (χ2v) is 4.47. The van der Waals surface area contributed by atoms with Crippen LogP contribution < -0.4 is 0 Å². The van der Waals surface area contributed by atoms with Crippen molar-refractivity contribution in [3.63, 3.8) is 0 Å². The van der Waals surface area contributed by atoms with Crippen molar-refractivity contribution < 1.29 is 0 Å². The average Bonchev–Trinajstić information content (AvgIpc) is 2.52. The van der Waals surface area contributed by atoms with Crippen molar-refractivity contribution in [2.75, 3.05) is 20.1 Å². The summed E-state index contributed by atoms with van der Waals surface area (Å²) in [5.74, 6) is 0.720. The smallest absolute Gasteiger partial charge is 0.194 e. The summed E-state index contributed by atoms with van der Waals surface area (Å²) in [5.41, 5.74) is 0. The Labute approximate surface area is 88.9 Å². The van der Waals surface area contributed by atoms with Crippen molar-refractivity contribution in [1.29, 1.82) is 0 Å². The number of hydrogen-bond donors (Lipinski definition) is 1. The SMILES string of the molecule is CN1CCCC(Cn2cn[nH]c2=S)C1. The first kappa shape index (κ1) is 9.86. The number of nitrogens with zero attached hydrogens (tertiary/aromatic N) is 3. The summed E-state index contributed by atoms with van der Waals surface area (Å²) in [7, 11) is 2.18. The molecule has 0 aliphatic carbocycles. The minimum absolute atomic E-state index is 0.720. The van der Waals surface area contributed by atoms with Gasteiger partial charge < -0.3 is 9.47 Å². The predicted molar refractivity (Wildman–Crippen MR) is 57.6 cm³/mol. The zero-order valence-corrected chi connectivity index (χ0v) is 9.26. The van der Waals surface area contributed by atoms with Gasteiger partial charge in [-0.1, -0.05) is 0 Å². The molecule has 1 aromatic rings. The van der Waals surface area contributed by atoms with E-state index in [0.717, 1.165) is 17.2 Å². The minimum Gasteiger partial charge on any atom is -0.306 e. The fourth-order valence-corrected chi connectivity index (χ4v) is 2.28. The van der Waals surface area contributed by atoms with E-state index >= 15 is 0 Å². The highest BCUT2D eigenvalue weighted by Gasteiger charge is 2.17. The molecular formula is C9H16N4S. The van der Waals surface area contributed by atoms with Gasteiger partial charge in [0.1, 0.15) is 6.33 Å². The molecule has 78 valence electrons. The van der Waals surface area contributed by atoms with Crippen molar-refractivity contribution in [3.8, 4) is 0 Å². The van der Waals surface area contributed by atoms with Crippen molar-refractivity contribution in [3.05, 3.63) is 11.1 Å². The molecular weight excluding hydrogens is 196 g/mol. The quantitative estimate of drug-likeness (QED) is 0.750. The second kappa shape index (κ2) is 4.23. The molecule has 0 radical (unpaired) electrons. The van der Waals surface area contributed by atoms with E-state index in [1.807, 2.05) is 4.57 Å². The van der Waals surface area contributed by atoms with E-state index in [9.17, 15) is 0 Å². The fraction of sp³-hybridized carbons (Fsp3) is 0.778. The summed E-state index contributed by atoms with van der Waals surface area (Å²) in [6.07, 6.45) is 4.39. The molecule has 4 nitrogen and oxygen atoms in total. The van der Waals surface area contributed by atoms with E-state index in [1.165, 1.54) is 25.9 Å².